The van der Waals surface area contributed by atoms with E-state index in [0.717, 1.165) is 11.1 Å². The number of carboxylic acids is 2. The fraction of sp³-hybridized carbons (Fsp3) is 0.278. The second kappa shape index (κ2) is 12.0. The zero-order valence-corrected chi connectivity index (χ0v) is 15.1. The largest absolute Gasteiger partial charge is 0.479 e. The van der Waals surface area contributed by atoms with Gasteiger partial charge in [0.05, 0.1) is 5.56 Å². The molecule has 2 unspecified atom stereocenters. The van der Waals surface area contributed by atoms with E-state index in [1.165, 1.54) is 0 Å². The van der Waals surface area contributed by atoms with Crippen LogP contribution >= 0.6 is 0 Å². The van der Waals surface area contributed by atoms with Gasteiger partial charge in [-0.3, -0.25) is 4.98 Å². The van der Waals surface area contributed by atoms with Crippen molar-refractivity contribution in [2.45, 2.75) is 18.6 Å². The molecule has 0 bridgehead atoms. The van der Waals surface area contributed by atoms with Crippen LogP contribution in [0.1, 0.15) is 12.0 Å². The Labute approximate surface area is 165 Å². The first kappa shape index (κ1) is 23.4. The minimum Gasteiger partial charge on any atom is -0.479 e. The topological polar surface area (TPSA) is 197 Å². The number of aromatic nitrogens is 2. The maximum atomic E-state index is 9.77. The van der Waals surface area contributed by atoms with Crippen molar-refractivity contribution in [3.63, 3.8) is 0 Å². The quantitative estimate of drug-likeness (QED) is 0.315. The molecule has 2 aromatic rings. The Morgan fingerprint density at radius 1 is 1.10 bits per heavy atom. The van der Waals surface area contributed by atoms with E-state index >= 15 is 0 Å². The summed E-state index contributed by atoms with van der Waals surface area (Å²) < 4.78 is 0. The number of carboxylic acid groups (broad SMARTS) is 2. The summed E-state index contributed by atoms with van der Waals surface area (Å²) in [7, 11) is 0. The van der Waals surface area contributed by atoms with Crippen LogP contribution in [-0.2, 0) is 9.59 Å². The smallest absolute Gasteiger partial charge is 0.335 e. The lowest BCUT2D eigenvalue weighted by atomic mass is 10.1. The first-order chi connectivity index (χ1) is 13.8. The van der Waals surface area contributed by atoms with Crippen molar-refractivity contribution >= 4 is 17.8 Å². The van der Waals surface area contributed by atoms with E-state index in [1.54, 1.807) is 24.7 Å². The predicted molar refractivity (Wildman–Crippen MR) is 99.7 cm³/mol. The highest BCUT2D eigenvalue weighted by atomic mass is 16.4. The van der Waals surface area contributed by atoms with Gasteiger partial charge in [0.15, 0.2) is 12.2 Å². The molecule has 2 heterocycles. The van der Waals surface area contributed by atoms with E-state index in [4.69, 9.17) is 30.8 Å². The molecule has 0 aliphatic heterocycles. The number of nitrogens with one attached hydrogen (secondary N) is 1. The number of aliphatic hydroxyl groups is 3. The summed E-state index contributed by atoms with van der Waals surface area (Å²) >= 11 is 0. The van der Waals surface area contributed by atoms with E-state index in [-0.39, 0.29) is 6.61 Å². The highest BCUT2D eigenvalue weighted by Crippen LogP contribution is 2.22. The summed E-state index contributed by atoms with van der Waals surface area (Å²) in [5.41, 5.74) is 2.35. The number of hydrogen-bond acceptors (Lipinski definition) is 9. The molecule has 11 heteroatoms. The molecule has 0 saturated heterocycles. The van der Waals surface area contributed by atoms with Crippen LogP contribution in [0.5, 0.6) is 0 Å². The minimum absolute atomic E-state index is 0.115. The summed E-state index contributed by atoms with van der Waals surface area (Å²) in [6.45, 7) is 0.705. The SMILES string of the molecule is N#Cc1cc(-c2ccncc2)cnc1NCCCO.O=C(O)C(O)C(O)C(=O)O. The molecule has 154 valence electrons. The van der Waals surface area contributed by atoms with E-state index in [1.807, 2.05) is 12.1 Å². The van der Waals surface area contributed by atoms with Crippen molar-refractivity contribution in [2.75, 3.05) is 18.5 Å². The summed E-state index contributed by atoms with van der Waals surface area (Å²) in [6, 6.07) is 7.67. The van der Waals surface area contributed by atoms with Crippen molar-refractivity contribution in [1.29, 1.82) is 5.26 Å². The van der Waals surface area contributed by atoms with Crippen LogP contribution in [0.4, 0.5) is 5.82 Å². The number of carbonyl (C=O) groups is 2. The van der Waals surface area contributed by atoms with Crippen molar-refractivity contribution in [3.05, 3.63) is 42.4 Å². The van der Waals surface area contributed by atoms with Crippen molar-refractivity contribution in [3.8, 4) is 17.2 Å². The fourth-order valence-corrected chi connectivity index (χ4v) is 1.95. The van der Waals surface area contributed by atoms with Crippen LogP contribution in [0.25, 0.3) is 11.1 Å². The molecule has 29 heavy (non-hydrogen) atoms. The molecule has 0 aromatic carbocycles. The Morgan fingerprint density at radius 3 is 2.17 bits per heavy atom. The minimum atomic E-state index is -2.27. The standard InChI is InChI=1S/C14H14N4O.C4H6O6/c15-9-12-8-13(11-2-5-16-6-3-11)10-18-14(12)17-4-1-7-19;5-1(3(7)8)2(6)4(9)10/h2-3,5-6,8,10,19H,1,4,7H2,(H,17,18);1-2,5-6H,(H,7,8)(H,9,10). The van der Waals surface area contributed by atoms with Gasteiger partial charge in [-0.15, -0.1) is 0 Å². The number of nitriles is 1. The summed E-state index contributed by atoms with van der Waals surface area (Å²) in [4.78, 5) is 27.8. The van der Waals surface area contributed by atoms with Crippen LogP contribution in [-0.4, -0.2) is 72.8 Å². The number of aliphatic hydroxyl groups excluding tert-OH is 3. The predicted octanol–water partition coefficient (Wildman–Crippen LogP) is -0.313. The van der Waals surface area contributed by atoms with Crippen molar-refractivity contribution in [2.24, 2.45) is 0 Å². The van der Waals surface area contributed by atoms with Gasteiger partial charge in [-0.25, -0.2) is 14.6 Å². The molecule has 0 fully saturated rings. The molecule has 2 aromatic heterocycles. The van der Waals surface area contributed by atoms with Gasteiger partial charge in [0.2, 0.25) is 0 Å². The van der Waals surface area contributed by atoms with Gasteiger partial charge < -0.3 is 30.8 Å². The van der Waals surface area contributed by atoms with E-state index in [9.17, 15) is 9.59 Å². The van der Waals surface area contributed by atoms with Crippen LogP contribution in [0.3, 0.4) is 0 Å². The van der Waals surface area contributed by atoms with Crippen molar-refractivity contribution < 1.29 is 35.1 Å². The van der Waals surface area contributed by atoms with E-state index in [2.05, 4.69) is 21.4 Å². The first-order valence-corrected chi connectivity index (χ1v) is 8.28. The van der Waals surface area contributed by atoms with Gasteiger partial charge in [-0.05, 0) is 30.2 Å². The number of aliphatic carboxylic acids is 2. The lowest BCUT2D eigenvalue weighted by Gasteiger charge is -2.08. The number of hydrogen-bond donors (Lipinski definition) is 6. The molecular weight excluding hydrogens is 384 g/mol. The number of rotatable bonds is 8. The highest BCUT2D eigenvalue weighted by molar-refractivity contribution is 5.83. The Morgan fingerprint density at radius 2 is 1.69 bits per heavy atom. The fourth-order valence-electron chi connectivity index (χ4n) is 1.95. The molecule has 0 saturated carbocycles. The lowest BCUT2D eigenvalue weighted by molar-refractivity contribution is -0.165. The number of nitrogens with zero attached hydrogens (tertiary/aromatic N) is 3. The van der Waals surface area contributed by atoms with Gasteiger partial charge >= 0.3 is 11.9 Å². The molecule has 0 radical (unpaired) electrons. The third-order valence-electron chi connectivity index (χ3n) is 3.45. The summed E-state index contributed by atoms with van der Waals surface area (Å²) in [6.07, 6.45) is 1.22. The Hall–Kier alpha value is -3.59. The Balaban J connectivity index is 0.000000359. The third-order valence-corrected chi connectivity index (χ3v) is 3.45. The third kappa shape index (κ3) is 7.51. The van der Waals surface area contributed by atoms with Gasteiger partial charge in [-0.1, -0.05) is 0 Å². The van der Waals surface area contributed by atoms with Gasteiger partial charge in [0, 0.05) is 37.3 Å². The van der Waals surface area contributed by atoms with Crippen LogP contribution in [0.15, 0.2) is 36.8 Å². The van der Waals surface area contributed by atoms with Crippen LogP contribution in [0, 0.1) is 11.3 Å². The molecule has 0 amide bonds. The first-order valence-electron chi connectivity index (χ1n) is 8.28. The zero-order valence-electron chi connectivity index (χ0n) is 15.1. The maximum absolute atomic E-state index is 9.77. The molecule has 0 spiro atoms. The monoisotopic (exact) mass is 404 g/mol. The van der Waals surface area contributed by atoms with Gasteiger partial charge in [0.1, 0.15) is 11.9 Å². The summed E-state index contributed by atoms with van der Waals surface area (Å²) in [5.74, 6) is -2.99. The number of anilines is 1. The zero-order chi connectivity index (χ0) is 21.8. The lowest BCUT2D eigenvalue weighted by Crippen LogP contribution is -2.39. The summed E-state index contributed by atoms with van der Waals surface area (Å²) in [5, 5.41) is 53.5. The van der Waals surface area contributed by atoms with E-state index < -0.39 is 24.1 Å². The molecular formula is C18H20N4O7. The van der Waals surface area contributed by atoms with Gasteiger partial charge in [-0.2, -0.15) is 5.26 Å². The molecule has 2 rings (SSSR count). The average molecular weight is 404 g/mol. The Bertz CT molecular complexity index is 837. The highest BCUT2D eigenvalue weighted by Gasteiger charge is 2.29. The van der Waals surface area contributed by atoms with Crippen LogP contribution in [0.2, 0.25) is 0 Å². The molecule has 6 N–H and O–H groups in total. The molecule has 11 nitrogen and oxygen atoms in total. The van der Waals surface area contributed by atoms with E-state index in [0.29, 0.717) is 24.3 Å². The molecule has 0 aliphatic carbocycles. The maximum Gasteiger partial charge on any atom is 0.335 e. The second-order valence-corrected chi connectivity index (χ2v) is 5.54. The molecule has 2 atom stereocenters. The van der Waals surface area contributed by atoms with Crippen LogP contribution < -0.4 is 5.32 Å². The second-order valence-electron chi connectivity index (χ2n) is 5.54. The van der Waals surface area contributed by atoms with Gasteiger partial charge in [0.25, 0.3) is 0 Å². The molecule has 0 aliphatic rings. The normalized spacial score (nSPS) is 11.9. The Kier molecular flexibility index (Phi) is 9.69. The average Bonchev–Trinajstić information content (AvgIpc) is 2.73. The number of pyridine rings is 2. The van der Waals surface area contributed by atoms with Crippen molar-refractivity contribution in [1.82, 2.24) is 9.97 Å².